The molecular formula is C31H40ClN3O4S. The zero-order valence-electron chi connectivity index (χ0n) is 23.6. The van der Waals surface area contributed by atoms with Gasteiger partial charge in [-0.1, -0.05) is 35.9 Å². The van der Waals surface area contributed by atoms with Crippen LogP contribution in [0, 0.1) is 5.92 Å². The minimum absolute atomic E-state index is 0.0586. The molecule has 3 atom stereocenters. The zero-order chi connectivity index (χ0) is 28.5. The molecule has 2 unspecified atom stereocenters. The summed E-state index contributed by atoms with van der Waals surface area (Å²) < 4.78 is 33.3. The van der Waals surface area contributed by atoms with Crippen molar-refractivity contribution in [3.8, 4) is 5.75 Å². The molecule has 0 aromatic heterocycles. The van der Waals surface area contributed by atoms with Gasteiger partial charge in [-0.05, 0) is 93.3 Å². The van der Waals surface area contributed by atoms with Crippen molar-refractivity contribution in [1.29, 1.82) is 0 Å². The summed E-state index contributed by atoms with van der Waals surface area (Å²) in [6, 6.07) is 13.4. The van der Waals surface area contributed by atoms with E-state index in [1.165, 1.54) is 11.8 Å². The maximum absolute atomic E-state index is 12.7. The summed E-state index contributed by atoms with van der Waals surface area (Å²) in [5.41, 5.74) is 3.15. The second-order valence-corrected chi connectivity index (χ2v) is 14.2. The Balaban J connectivity index is 1.32. The minimum Gasteiger partial charge on any atom is -0.491 e. The third-order valence-corrected chi connectivity index (χ3v) is 9.85. The van der Waals surface area contributed by atoms with E-state index in [0.29, 0.717) is 24.7 Å². The molecule has 1 saturated heterocycles. The van der Waals surface area contributed by atoms with Crippen LogP contribution in [0.3, 0.4) is 0 Å². The van der Waals surface area contributed by atoms with Gasteiger partial charge in [0, 0.05) is 42.2 Å². The number of sulfonamides is 1. The Morgan fingerprint density at radius 2 is 1.98 bits per heavy atom. The van der Waals surface area contributed by atoms with Crippen LogP contribution in [0.15, 0.2) is 53.5 Å². The van der Waals surface area contributed by atoms with Gasteiger partial charge in [-0.3, -0.25) is 4.99 Å². The number of hydrogen-bond acceptors (Lipinski definition) is 6. The summed E-state index contributed by atoms with van der Waals surface area (Å²) >= 11 is 6.02. The van der Waals surface area contributed by atoms with E-state index in [2.05, 4.69) is 17.0 Å². The molecule has 5 rings (SSSR count). The molecule has 3 aliphatic heterocycles. The fourth-order valence-electron chi connectivity index (χ4n) is 6.12. The highest BCUT2D eigenvalue weighted by atomic mass is 35.5. The number of hydrogen-bond donors (Lipinski definition) is 1. The molecule has 1 N–H and O–H groups in total. The molecule has 0 spiro atoms. The predicted molar refractivity (Wildman–Crippen MR) is 161 cm³/mol. The SMILES string of the molecule is CC(C)(O)c1ccc2c(c1)/C(=C/CCN1CC[C@H](N(Cc3ccc(Cl)cc3)S(C)(=O)=O)C1)C1CCC=NC1CO2. The monoisotopic (exact) mass is 585 g/mol. The Bertz CT molecular complexity index is 1370. The average molecular weight is 586 g/mol. The van der Waals surface area contributed by atoms with Gasteiger partial charge in [0.15, 0.2) is 0 Å². The summed E-state index contributed by atoms with van der Waals surface area (Å²) in [4.78, 5) is 7.13. The van der Waals surface area contributed by atoms with Crippen LogP contribution in [0.5, 0.6) is 5.75 Å². The lowest BCUT2D eigenvalue weighted by Crippen LogP contribution is -2.41. The number of aliphatic hydroxyl groups is 1. The molecule has 3 aliphatic rings. The lowest BCUT2D eigenvalue weighted by atomic mass is 9.81. The first-order chi connectivity index (χ1) is 19.0. The van der Waals surface area contributed by atoms with Crippen molar-refractivity contribution >= 4 is 33.4 Å². The fraction of sp³-hybridized carbons (Fsp3) is 0.516. The van der Waals surface area contributed by atoms with Crippen molar-refractivity contribution in [2.24, 2.45) is 10.9 Å². The van der Waals surface area contributed by atoms with E-state index < -0.39 is 15.6 Å². The average Bonchev–Trinajstić information content (AvgIpc) is 3.30. The van der Waals surface area contributed by atoms with Crippen molar-refractivity contribution in [2.75, 3.05) is 32.5 Å². The molecule has 7 nitrogen and oxygen atoms in total. The van der Waals surface area contributed by atoms with Crippen LogP contribution < -0.4 is 4.74 Å². The summed E-state index contributed by atoms with van der Waals surface area (Å²) in [5, 5.41) is 11.3. The van der Waals surface area contributed by atoms with Crippen molar-refractivity contribution in [1.82, 2.24) is 9.21 Å². The molecule has 40 heavy (non-hydrogen) atoms. The fourth-order valence-corrected chi connectivity index (χ4v) is 7.34. The Morgan fingerprint density at radius 3 is 2.70 bits per heavy atom. The lowest BCUT2D eigenvalue weighted by molar-refractivity contribution is 0.0785. The van der Waals surface area contributed by atoms with Gasteiger partial charge < -0.3 is 14.7 Å². The van der Waals surface area contributed by atoms with E-state index in [0.717, 1.165) is 61.2 Å². The van der Waals surface area contributed by atoms with Crippen LogP contribution >= 0.6 is 11.6 Å². The van der Waals surface area contributed by atoms with Crippen LogP contribution in [0.2, 0.25) is 5.02 Å². The lowest BCUT2D eigenvalue weighted by Gasteiger charge is -2.28. The van der Waals surface area contributed by atoms with Crippen LogP contribution in [-0.4, -0.2) is 73.5 Å². The predicted octanol–water partition coefficient (Wildman–Crippen LogP) is 5.12. The Morgan fingerprint density at radius 1 is 1.20 bits per heavy atom. The first-order valence-corrected chi connectivity index (χ1v) is 16.4. The Labute approximate surface area is 243 Å². The first kappa shape index (κ1) is 29.3. The van der Waals surface area contributed by atoms with E-state index in [9.17, 15) is 13.5 Å². The Hall–Kier alpha value is -2.23. The molecule has 0 amide bonds. The van der Waals surface area contributed by atoms with Crippen molar-refractivity contribution in [3.05, 3.63) is 70.3 Å². The highest BCUT2D eigenvalue weighted by Crippen LogP contribution is 2.42. The number of aliphatic imine (C=N–C) groups is 1. The molecule has 0 radical (unpaired) electrons. The third kappa shape index (κ3) is 6.80. The van der Waals surface area contributed by atoms with Gasteiger partial charge in [0.1, 0.15) is 12.4 Å². The Kier molecular flexibility index (Phi) is 8.74. The third-order valence-electron chi connectivity index (χ3n) is 8.32. The largest absolute Gasteiger partial charge is 0.491 e. The van der Waals surface area contributed by atoms with E-state index in [1.807, 2.05) is 30.5 Å². The molecule has 1 fully saturated rings. The van der Waals surface area contributed by atoms with Gasteiger partial charge in [-0.2, -0.15) is 4.31 Å². The van der Waals surface area contributed by atoms with Crippen LogP contribution in [0.25, 0.3) is 5.57 Å². The zero-order valence-corrected chi connectivity index (χ0v) is 25.2. The number of halogens is 1. The normalized spacial score (nSPS) is 24.6. The molecule has 0 bridgehead atoms. The molecule has 2 aromatic carbocycles. The van der Waals surface area contributed by atoms with Crippen molar-refractivity contribution in [3.63, 3.8) is 0 Å². The summed E-state index contributed by atoms with van der Waals surface area (Å²) in [7, 11) is -3.37. The summed E-state index contributed by atoms with van der Waals surface area (Å²) in [6.07, 6.45) is 9.26. The highest BCUT2D eigenvalue weighted by Gasteiger charge is 2.34. The van der Waals surface area contributed by atoms with Crippen LogP contribution in [0.1, 0.15) is 56.2 Å². The van der Waals surface area contributed by atoms with E-state index in [4.69, 9.17) is 21.3 Å². The topological polar surface area (TPSA) is 82.4 Å². The van der Waals surface area contributed by atoms with E-state index in [1.54, 1.807) is 30.3 Å². The van der Waals surface area contributed by atoms with Gasteiger partial charge in [-0.15, -0.1) is 0 Å². The number of ether oxygens (including phenoxy) is 1. The van der Waals surface area contributed by atoms with Gasteiger partial charge in [0.05, 0.1) is 17.9 Å². The summed E-state index contributed by atoms with van der Waals surface area (Å²) in [5.74, 6) is 1.12. The second kappa shape index (κ2) is 11.9. The highest BCUT2D eigenvalue weighted by molar-refractivity contribution is 7.88. The number of likely N-dealkylation sites (tertiary alicyclic amines) is 1. The molecule has 9 heteroatoms. The molecule has 216 valence electrons. The van der Waals surface area contributed by atoms with Crippen LogP contribution in [-0.2, 0) is 22.2 Å². The standard InChI is InChI=1S/C31H40ClN3O4S/c1-31(2,36)23-10-13-30-28(18-23)26(27-6-4-15-33-29(27)21-39-30)7-5-16-34-17-14-25(20-34)35(40(3,37)38)19-22-8-11-24(32)12-9-22/h7-13,15,18,25,27,29,36H,4-6,14,16-17,19-21H2,1-3H3/b26-7+/t25-,27?,29?/m0/s1. The maximum Gasteiger partial charge on any atom is 0.211 e. The number of benzene rings is 2. The second-order valence-electron chi connectivity index (χ2n) is 11.8. The molecule has 0 saturated carbocycles. The molecular weight excluding hydrogens is 546 g/mol. The molecule has 3 heterocycles. The van der Waals surface area contributed by atoms with E-state index in [-0.39, 0.29) is 18.0 Å². The first-order valence-electron chi connectivity index (χ1n) is 14.1. The van der Waals surface area contributed by atoms with Gasteiger partial charge >= 0.3 is 0 Å². The quantitative estimate of drug-likeness (QED) is 0.465. The number of nitrogens with zero attached hydrogens (tertiary/aromatic N) is 3. The van der Waals surface area contributed by atoms with Crippen molar-refractivity contribution < 1.29 is 18.3 Å². The van der Waals surface area contributed by atoms with Gasteiger partial charge in [-0.25, -0.2) is 8.42 Å². The van der Waals surface area contributed by atoms with Crippen LogP contribution in [0.4, 0.5) is 0 Å². The van der Waals surface area contributed by atoms with Crippen molar-refractivity contribution in [2.45, 2.75) is 63.8 Å². The number of fused-ring (bicyclic) bond motifs is 2. The van der Waals surface area contributed by atoms with Gasteiger partial charge in [0.25, 0.3) is 0 Å². The summed E-state index contributed by atoms with van der Waals surface area (Å²) in [6.45, 7) is 6.93. The maximum atomic E-state index is 12.7. The minimum atomic E-state index is -3.37. The smallest absolute Gasteiger partial charge is 0.211 e. The van der Waals surface area contributed by atoms with E-state index >= 15 is 0 Å². The van der Waals surface area contributed by atoms with Gasteiger partial charge in [0.2, 0.25) is 10.0 Å². The molecule has 2 aromatic rings. The molecule has 0 aliphatic carbocycles. The number of rotatable bonds is 8.